The minimum Gasteiger partial charge on any atom is -0.497 e. The number of nitrogens with zero attached hydrogens (tertiary/aromatic N) is 4. The van der Waals surface area contributed by atoms with Crippen LogP contribution in [0.25, 0.3) is 0 Å². The molecule has 3 aliphatic rings. The minimum atomic E-state index is -0.285. The SMILES string of the molecule is COc1ccc(C(=O)Nc2cc(C(=O)N3CCN(C(C)=O)CC3)ccc2N2CC3CC(C2)c2cccc(=O)n2C3)cc1. The molecule has 1 aromatic heterocycles. The Labute approximate surface area is 244 Å². The molecule has 0 saturated carbocycles. The third-order valence-corrected chi connectivity index (χ3v) is 8.68. The number of hydrogen-bond donors (Lipinski definition) is 1. The number of ether oxygens (including phenoxy) is 1. The van der Waals surface area contributed by atoms with Gasteiger partial charge in [0.25, 0.3) is 17.4 Å². The van der Waals surface area contributed by atoms with Crippen molar-refractivity contribution < 1.29 is 19.1 Å². The predicted molar refractivity (Wildman–Crippen MR) is 159 cm³/mol. The Morgan fingerprint density at radius 1 is 0.857 bits per heavy atom. The first-order chi connectivity index (χ1) is 20.3. The summed E-state index contributed by atoms with van der Waals surface area (Å²) >= 11 is 0. The summed E-state index contributed by atoms with van der Waals surface area (Å²) in [5.41, 5.74) is 3.45. The van der Waals surface area contributed by atoms with Crippen LogP contribution in [-0.4, -0.2) is 78.5 Å². The maximum absolute atomic E-state index is 13.5. The van der Waals surface area contributed by atoms with Gasteiger partial charge in [0.15, 0.2) is 0 Å². The first kappa shape index (κ1) is 27.6. The number of methoxy groups -OCH3 is 1. The van der Waals surface area contributed by atoms with Crippen molar-refractivity contribution in [3.05, 3.63) is 87.8 Å². The fourth-order valence-corrected chi connectivity index (χ4v) is 6.48. The van der Waals surface area contributed by atoms with E-state index in [0.29, 0.717) is 67.8 Å². The van der Waals surface area contributed by atoms with Crippen molar-refractivity contribution >= 4 is 29.1 Å². The van der Waals surface area contributed by atoms with E-state index in [-0.39, 0.29) is 29.2 Å². The van der Waals surface area contributed by atoms with Crippen LogP contribution in [-0.2, 0) is 11.3 Å². The molecule has 6 rings (SSSR count). The highest BCUT2D eigenvalue weighted by atomic mass is 16.5. The fraction of sp³-hybridized carbons (Fsp3) is 0.375. The molecule has 0 spiro atoms. The summed E-state index contributed by atoms with van der Waals surface area (Å²) in [6, 6.07) is 17.9. The van der Waals surface area contributed by atoms with E-state index in [0.717, 1.165) is 24.3 Å². The van der Waals surface area contributed by atoms with Crippen LogP contribution in [0.2, 0.25) is 0 Å². The third kappa shape index (κ3) is 5.36. The molecule has 2 bridgehead atoms. The van der Waals surface area contributed by atoms with Gasteiger partial charge in [-0.05, 0) is 60.9 Å². The number of anilines is 2. The van der Waals surface area contributed by atoms with Gasteiger partial charge in [0.05, 0.1) is 18.5 Å². The first-order valence-corrected chi connectivity index (χ1v) is 14.4. The molecule has 2 fully saturated rings. The van der Waals surface area contributed by atoms with E-state index >= 15 is 0 Å². The zero-order chi connectivity index (χ0) is 29.4. The summed E-state index contributed by atoms with van der Waals surface area (Å²) in [6.45, 7) is 5.57. The molecule has 0 radical (unpaired) electrons. The number of aromatic nitrogens is 1. The highest BCUT2D eigenvalue weighted by Gasteiger charge is 2.35. The number of fused-ring (bicyclic) bond motifs is 4. The van der Waals surface area contributed by atoms with Gasteiger partial charge in [0.1, 0.15) is 5.75 Å². The van der Waals surface area contributed by atoms with Gasteiger partial charge >= 0.3 is 0 Å². The Balaban J connectivity index is 1.30. The maximum atomic E-state index is 13.5. The second-order valence-electron chi connectivity index (χ2n) is 11.3. The number of hydrogen-bond acceptors (Lipinski definition) is 6. The van der Waals surface area contributed by atoms with E-state index in [2.05, 4.69) is 10.2 Å². The quantitative estimate of drug-likeness (QED) is 0.507. The van der Waals surface area contributed by atoms with Gasteiger partial charge in [-0.3, -0.25) is 19.2 Å². The summed E-state index contributed by atoms with van der Waals surface area (Å²) < 4.78 is 7.13. The molecular formula is C32H35N5O5. The minimum absolute atomic E-state index is 0.00813. The van der Waals surface area contributed by atoms with Crippen molar-refractivity contribution in [1.29, 1.82) is 0 Å². The second kappa shape index (κ2) is 11.3. The molecule has 10 nitrogen and oxygen atoms in total. The predicted octanol–water partition coefficient (Wildman–Crippen LogP) is 3.04. The van der Waals surface area contributed by atoms with Crippen LogP contribution in [0.15, 0.2) is 65.5 Å². The number of rotatable bonds is 5. The van der Waals surface area contributed by atoms with Crippen molar-refractivity contribution in [1.82, 2.24) is 14.4 Å². The molecular weight excluding hydrogens is 534 g/mol. The van der Waals surface area contributed by atoms with E-state index < -0.39 is 0 Å². The number of benzene rings is 2. The van der Waals surface area contributed by atoms with Crippen molar-refractivity contribution in [2.75, 3.05) is 56.6 Å². The largest absolute Gasteiger partial charge is 0.497 e. The van der Waals surface area contributed by atoms with Crippen LogP contribution in [0.1, 0.15) is 45.7 Å². The normalized spacial score (nSPS) is 19.6. The third-order valence-electron chi connectivity index (χ3n) is 8.68. The summed E-state index contributed by atoms with van der Waals surface area (Å²) in [7, 11) is 1.58. The van der Waals surface area contributed by atoms with E-state index in [1.807, 2.05) is 28.8 Å². The van der Waals surface area contributed by atoms with Crippen molar-refractivity contribution in [3.63, 3.8) is 0 Å². The molecule has 4 heterocycles. The molecule has 3 aliphatic heterocycles. The lowest BCUT2D eigenvalue weighted by Crippen LogP contribution is -2.50. The molecule has 3 aromatic rings. The Bertz CT molecular complexity index is 1570. The van der Waals surface area contributed by atoms with Gasteiger partial charge < -0.3 is 29.3 Å². The van der Waals surface area contributed by atoms with Gasteiger partial charge in [-0.2, -0.15) is 0 Å². The second-order valence-corrected chi connectivity index (χ2v) is 11.3. The summed E-state index contributed by atoms with van der Waals surface area (Å²) in [5, 5.41) is 3.08. The molecule has 2 aromatic carbocycles. The van der Waals surface area contributed by atoms with E-state index in [9.17, 15) is 19.2 Å². The van der Waals surface area contributed by atoms with Gasteiger partial charge in [-0.15, -0.1) is 0 Å². The van der Waals surface area contributed by atoms with Crippen LogP contribution < -0.4 is 20.5 Å². The molecule has 10 heteroatoms. The van der Waals surface area contributed by atoms with Gasteiger partial charge in [-0.25, -0.2) is 0 Å². The highest BCUT2D eigenvalue weighted by Crippen LogP contribution is 2.39. The number of piperidine rings is 1. The van der Waals surface area contributed by atoms with E-state index in [4.69, 9.17) is 4.74 Å². The Hall–Kier alpha value is -4.60. The maximum Gasteiger partial charge on any atom is 0.255 e. The standard InChI is InChI=1S/C32H35N5O5/c1-21(38)34-12-14-35(15-13-34)32(41)24-8-11-29(27(17-24)33-31(40)23-6-9-26(42-2)10-7-23)36-18-22-16-25(20-36)28-4-3-5-30(39)37(28)19-22/h3-11,17,22,25H,12-16,18-20H2,1-2H3,(H,33,40). The zero-order valence-electron chi connectivity index (χ0n) is 23.9. The lowest BCUT2D eigenvalue weighted by Gasteiger charge is -2.44. The van der Waals surface area contributed by atoms with Crippen LogP contribution in [0.3, 0.4) is 0 Å². The number of amides is 3. The number of pyridine rings is 1. The number of carbonyl (C=O) groups is 3. The van der Waals surface area contributed by atoms with Gasteiger partial charge in [0, 0.05) is 81.5 Å². The molecule has 2 saturated heterocycles. The molecule has 0 aliphatic carbocycles. The smallest absolute Gasteiger partial charge is 0.255 e. The summed E-state index contributed by atoms with van der Waals surface area (Å²) in [5.74, 6) is 0.731. The zero-order valence-corrected chi connectivity index (χ0v) is 23.9. The first-order valence-electron chi connectivity index (χ1n) is 14.4. The Kier molecular flexibility index (Phi) is 7.45. The van der Waals surface area contributed by atoms with Crippen molar-refractivity contribution in [2.45, 2.75) is 25.8 Å². The number of nitrogens with one attached hydrogen (secondary N) is 1. The molecule has 3 amide bonds. The van der Waals surface area contributed by atoms with Crippen LogP contribution in [0, 0.1) is 5.92 Å². The van der Waals surface area contributed by atoms with Crippen LogP contribution >= 0.6 is 0 Å². The molecule has 42 heavy (non-hydrogen) atoms. The molecule has 2 unspecified atom stereocenters. The van der Waals surface area contributed by atoms with Crippen LogP contribution in [0.4, 0.5) is 11.4 Å². The van der Waals surface area contributed by atoms with Crippen LogP contribution in [0.5, 0.6) is 5.75 Å². The van der Waals surface area contributed by atoms with E-state index in [1.54, 1.807) is 60.2 Å². The van der Waals surface area contributed by atoms with Crippen molar-refractivity contribution in [3.8, 4) is 5.75 Å². The van der Waals surface area contributed by atoms with Crippen molar-refractivity contribution in [2.24, 2.45) is 5.92 Å². The molecule has 1 N–H and O–H groups in total. The van der Waals surface area contributed by atoms with Gasteiger partial charge in [0.2, 0.25) is 5.91 Å². The monoisotopic (exact) mass is 569 g/mol. The Morgan fingerprint density at radius 3 is 2.29 bits per heavy atom. The fourth-order valence-electron chi connectivity index (χ4n) is 6.48. The lowest BCUT2D eigenvalue weighted by atomic mass is 9.83. The average molecular weight is 570 g/mol. The van der Waals surface area contributed by atoms with Gasteiger partial charge in [-0.1, -0.05) is 6.07 Å². The average Bonchev–Trinajstić information content (AvgIpc) is 3.01. The Morgan fingerprint density at radius 2 is 1.57 bits per heavy atom. The number of piperazine rings is 1. The summed E-state index contributed by atoms with van der Waals surface area (Å²) in [4.78, 5) is 56.9. The molecule has 218 valence electrons. The highest BCUT2D eigenvalue weighted by molar-refractivity contribution is 6.07. The van der Waals surface area contributed by atoms with E-state index in [1.165, 1.54) is 0 Å². The molecule has 2 atom stereocenters. The summed E-state index contributed by atoms with van der Waals surface area (Å²) in [6.07, 6.45) is 1.01. The number of carbonyl (C=O) groups excluding carboxylic acids is 3. The topological polar surface area (TPSA) is 104 Å². The lowest BCUT2D eigenvalue weighted by molar-refractivity contribution is -0.130.